The maximum atomic E-state index is 13.7. The van der Waals surface area contributed by atoms with Gasteiger partial charge < -0.3 is 20.7 Å². The van der Waals surface area contributed by atoms with Crippen molar-refractivity contribution in [3.05, 3.63) is 17.9 Å². The molecule has 1 rings (SSSR count). The topological polar surface area (TPSA) is 67.6 Å². The number of hydrogen-bond donors (Lipinski definition) is 2. The molecule has 0 aliphatic heterocycles. The Morgan fingerprint density at radius 1 is 1.35 bits per heavy atom. The number of nitrogen functional groups attached to an aromatic ring is 1. The zero-order valence-electron chi connectivity index (χ0n) is 12.5. The Labute approximate surface area is 118 Å². The molecule has 5 nitrogen and oxygen atoms in total. The van der Waals surface area contributed by atoms with Crippen molar-refractivity contribution in [1.29, 1.82) is 0 Å². The number of rotatable bonds is 5. The number of amides is 1. The summed E-state index contributed by atoms with van der Waals surface area (Å²) in [6, 6.07) is 2.20. The standard InChI is InChI=1S/C14H22FN3O2/c1-8(2)20-13-7-12(11(16)6-10(13)15)17-9(3)14(19)18(4)5/h6-9,17H,16H2,1-5H3. The molecule has 0 saturated heterocycles. The van der Waals surface area contributed by atoms with Crippen LogP contribution in [0.15, 0.2) is 12.1 Å². The predicted molar refractivity (Wildman–Crippen MR) is 78.4 cm³/mol. The maximum Gasteiger partial charge on any atom is 0.244 e. The monoisotopic (exact) mass is 283 g/mol. The molecule has 1 aromatic rings. The molecule has 0 aromatic heterocycles. The summed E-state index contributed by atoms with van der Waals surface area (Å²) < 4.78 is 19.1. The Hall–Kier alpha value is -1.98. The number of halogens is 1. The fourth-order valence-electron chi connectivity index (χ4n) is 1.72. The van der Waals surface area contributed by atoms with E-state index in [1.54, 1.807) is 34.9 Å². The van der Waals surface area contributed by atoms with E-state index in [1.165, 1.54) is 17.0 Å². The van der Waals surface area contributed by atoms with Crippen LogP contribution in [-0.4, -0.2) is 37.0 Å². The summed E-state index contributed by atoms with van der Waals surface area (Å²) in [6.07, 6.45) is -0.151. The van der Waals surface area contributed by atoms with E-state index in [0.717, 1.165) is 0 Å². The Kier molecular flexibility index (Phi) is 5.19. The average molecular weight is 283 g/mol. The third-order valence-corrected chi connectivity index (χ3v) is 2.65. The number of nitrogens with zero attached hydrogens (tertiary/aromatic N) is 1. The van der Waals surface area contributed by atoms with Gasteiger partial charge in [-0.05, 0) is 20.8 Å². The van der Waals surface area contributed by atoms with Gasteiger partial charge in [-0.15, -0.1) is 0 Å². The van der Waals surface area contributed by atoms with Crippen LogP contribution in [0.25, 0.3) is 0 Å². The Bertz CT molecular complexity index is 490. The number of nitrogens with one attached hydrogen (secondary N) is 1. The van der Waals surface area contributed by atoms with E-state index in [9.17, 15) is 9.18 Å². The van der Waals surface area contributed by atoms with E-state index in [-0.39, 0.29) is 23.4 Å². The third kappa shape index (κ3) is 4.01. The zero-order valence-corrected chi connectivity index (χ0v) is 12.5. The van der Waals surface area contributed by atoms with Crippen LogP contribution in [0.4, 0.5) is 15.8 Å². The number of likely N-dealkylation sites (N-methyl/N-ethyl adjacent to an activating group) is 1. The second-order valence-corrected chi connectivity index (χ2v) is 5.14. The number of carbonyl (C=O) groups excluding carboxylic acids is 1. The largest absolute Gasteiger partial charge is 0.488 e. The van der Waals surface area contributed by atoms with Crippen molar-refractivity contribution in [3.63, 3.8) is 0 Å². The van der Waals surface area contributed by atoms with Gasteiger partial charge in [-0.2, -0.15) is 0 Å². The molecule has 0 heterocycles. The first-order chi connectivity index (χ1) is 9.22. The van der Waals surface area contributed by atoms with Crippen LogP contribution in [0.3, 0.4) is 0 Å². The molecule has 0 fully saturated rings. The first-order valence-corrected chi connectivity index (χ1v) is 6.45. The number of hydrogen-bond acceptors (Lipinski definition) is 4. The summed E-state index contributed by atoms with van der Waals surface area (Å²) in [4.78, 5) is 13.3. The highest BCUT2D eigenvalue weighted by Crippen LogP contribution is 2.29. The second kappa shape index (κ2) is 6.45. The molecule has 0 saturated carbocycles. The molecule has 6 heteroatoms. The van der Waals surface area contributed by atoms with E-state index < -0.39 is 11.9 Å². The Balaban J connectivity index is 2.97. The molecular weight excluding hydrogens is 261 g/mol. The average Bonchev–Trinajstić information content (AvgIpc) is 2.33. The van der Waals surface area contributed by atoms with Crippen LogP contribution in [0, 0.1) is 5.82 Å². The van der Waals surface area contributed by atoms with Crippen molar-refractivity contribution in [3.8, 4) is 5.75 Å². The van der Waals surface area contributed by atoms with Gasteiger partial charge in [0.1, 0.15) is 6.04 Å². The minimum Gasteiger partial charge on any atom is -0.488 e. The van der Waals surface area contributed by atoms with Crippen LogP contribution >= 0.6 is 0 Å². The van der Waals surface area contributed by atoms with E-state index in [1.807, 2.05) is 0 Å². The summed E-state index contributed by atoms with van der Waals surface area (Å²) >= 11 is 0. The van der Waals surface area contributed by atoms with Gasteiger partial charge in [0.05, 0.1) is 17.5 Å². The second-order valence-electron chi connectivity index (χ2n) is 5.14. The smallest absolute Gasteiger partial charge is 0.244 e. The van der Waals surface area contributed by atoms with E-state index in [2.05, 4.69) is 5.32 Å². The highest BCUT2D eigenvalue weighted by molar-refractivity contribution is 5.85. The molecule has 0 aliphatic rings. The lowest BCUT2D eigenvalue weighted by molar-refractivity contribution is -0.129. The molecule has 0 radical (unpaired) electrons. The fourth-order valence-corrected chi connectivity index (χ4v) is 1.72. The van der Waals surface area contributed by atoms with Crippen LogP contribution in [-0.2, 0) is 4.79 Å². The normalized spacial score (nSPS) is 12.2. The number of carbonyl (C=O) groups is 1. The molecule has 3 N–H and O–H groups in total. The lowest BCUT2D eigenvalue weighted by Crippen LogP contribution is -2.36. The van der Waals surface area contributed by atoms with Crippen LogP contribution in [0.5, 0.6) is 5.75 Å². The molecule has 1 unspecified atom stereocenters. The van der Waals surface area contributed by atoms with Crippen LogP contribution < -0.4 is 15.8 Å². The van der Waals surface area contributed by atoms with E-state index in [4.69, 9.17) is 10.5 Å². The molecule has 0 aliphatic carbocycles. The van der Waals surface area contributed by atoms with Crippen molar-refractivity contribution < 1.29 is 13.9 Å². The summed E-state index contributed by atoms with van der Waals surface area (Å²) in [5.41, 5.74) is 6.47. The minimum atomic E-state index is -0.520. The number of benzene rings is 1. The van der Waals surface area contributed by atoms with Crippen molar-refractivity contribution in [2.45, 2.75) is 32.9 Å². The molecule has 1 amide bonds. The first-order valence-electron chi connectivity index (χ1n) is 6.45. The van der Waals surface area contributed by atoms with Gasteiger partial charge in [0.15, 0.2) is 11.6 Å². The SMILES string of the molecule is CC(C)Oc1cc(NC(C)C(=O)N(C)C)c(N)cc1F. The van der Waals surface area contributed by atoms with Gasteiger partial charge in [-0.1, -0.05) is 0 Å². The van der Waals surface area contributed by atoms with Gasteiger partial charge in [0.25, 0.3) is 0 Å². The molecule has 1 atom stereocenters. The molecule has 112 valence electrons. The Morgan fingerprint density at radius 3 is 2.45 bits per heavy atom. The summed E-state index contributed by atoms with van der Waals surface area (Å²) in [5.74, 6) is -0.505. The lowest BCUT2D eigenvalue weighted by atomic mass is 10.2. The fraction of sp³-hybridized carbons (Fsp3) is 0.500. The quantitative estimate of drug-likeness (QED) is 0.812. The number of nitrogens with two attached hydrogens (primary N) is 1. The molecule has 0 bridgehead atoms. The number of ether oxygens (including phenoxy) is 1. The summed E-state index contributed by atoms with van der Waals surface area (Å²) in [6.45, 7) is 5.33. The Morgan fingerprint density at radius 2 is 1.95 bits per heavy atom. The molecular formula is C14H22FN3O2. The van der Waals surface area contributed by atoms with Crippen molar-refractivity contribution in [2.75, 3.05) is 25.1 Å². The van der Waals surface area contributed by atoms with Crippen molar-refractivity contribution >= 4 is 17.3 Å². The summed E-state index contributed by atoms with van der Waals surface area (Å²) in [7, 11) is 3.34. The van der Waals surface area contributed by atoms with Crippen molar-refractivity contribution in [1.82, 2.24) is 4.90 Å². The van der Waals surface area contributed by atoms with E-state index >= 15 is 0 Å². The van der Waals surface area contributed by atoms with E-state index in [0.29, 0.717) is 5.69 Å². The minimum absolute atomic E-state index is 0.0972. The highest BCUT2D eigenvalue weighted by Gasteiger charge is 2.17. The highest BCUT2D eigenvalue weighted by atomic mass is 19.1. The van der Waals surface area contributed by atoms with Gasteiger partial charge >= 0.3 is 0 Å². The van der Waals surface area contributed by atoms with Gasteiger partial charge in [0, 0.05) is 26.2 Å². The van der Waals surface area contributed by atoms with Crippen LogP contribution in [0.1, 0.15) is 20.8 Å². The van der Waals surface area contributed by atoms with Gasteiger partial charge in [-0.25, -0.2) is 4.39 Å². The molecule has 0 spiro atoms. The third-order valence-electron chi connectivity index (χ3n) is 2.65. The van der Waals surface area contributed by atoms with Crippen LogP contribution in [0.2, 0.25) is 0 Å². The number of anilines is 2. The summed E-state index contributed by atoms with van der Waals surface area (Å²) in [5, 5.41) is 2.97. The zero-order chi connectivity index (χ0) is 15.4. The van der Waals surface area contributed by atoms with Gasteiger partial charge in [-0.3, -0.25) is 4.79 Å². The molecule has 1 aromatic carbocycles. The van der Waals surface area contributed by atoms with Gasteiger partial charge in [0.2, 0.25) is 5.91 Å². The predicted octanol–water partition coefficient (Wildman–Crippen LogP) is 2.08. The first kappa shape index (κ1) is 16.1. The van der Waals surface area contributed by atoms with Crippen molar-refractivity contribution in [2.24, 2.45) is 0 Å². The molecule has 20 heavy (non-hydrogen) atoms. The maximum absolute atomic E-state index is 13.7. The lowest BCUT2D eigenvalue weighted by Gasteiger charge is -2.21.